The first-order chi connectivity index (χ1) is 8.01. The van der Waals surface area contributed by atoms with Gasteiger partial charge >= 0.3 is 6.18 Å². The van der Waals surface area contributed by atoms with Gasteiger partial charge in [0.05, 0.1) is 18.9 Å². The highest BCUT2D eigenvalue weighted by atomic mass is 19.4. The fourth-order valence-corrected chi connectivity index (χ4v) is 1.04. The number of hydrogen-bond acceptors (Lipinski definition) is 4. The fraction of sp³-hybridized carbons (Fsp3) is 0.500. The zero-order chi connectivity index (χ0) is 12.7. The number of aromatic nitrogens is 1. The van der Waals surface area contributed by atoms with Crippen molar-refractivity contribution in [1.29, 1.82) is 0 Å². The van der Waals surface area contributed by atoms with Crippen LogP contribution >= 0.6 is 0 Å². The van der Waals surface area contributed by atoms with Crippen LogP contribution in [0.25, 0.3) is 0 Å². The molecule has 0 saturated heterocycles. The molecule has 0 atom stereocenters. The molecule has 1 rings (SSSR count). The van der Waals surface area contributed by atoms with Gasteiger partial charge in [0, 0.05) is 12.3 Å². The van der Waals surface area contributed by atoms with Crippen molar-refractivity contribution >= 4 is 0 Å². The summed E-state index contributed by atoms with van der Waals surface area (Å²) in [7, 11) is 0. The number of hydrogen-bond donors (Lipinski definition) is 1. The first-order valence-corrected chi connectivity index (χ1v) is 4.84. The summed E-state index contributed by atoms with van der Waals surface area (Å²) in [6.07, 6.45) is -2.88. The third kappa shape index (κ3) is 6.08. The van der Waals surface area contributed by atoms with Gasteiger partial charge < -0.3 is 14.6 Å². The summed E-state index contributed by atoms with van der Waals surface area (Å²) in [4.78, 5) is 3.82. The maximum absolute atomic E-state index is 11.7. The molecule has 0 amide bonds. The van der Waals surface area contributed by atoms with Crippen LogP contribution in [0.4, 0.5) is 13.2 Å². The molecule has 17 heavy (non-hydrogen) atoms. The maximum Gasteiger partial charge on any atom is 0.411 e. The highest BCUT2D eigenvalue weighted by Crippen LogP contribution is 2.14. The Morgan fingerprint density at radius 1 is 1.29 bits per heavy atom. The Morgan fingerprint density at radius 3 is 2.71 bits per heavy atom. The van der Waals surface area contributed by atoms with E-state index in [1.807, 2.05) is 0 Å². The molecule has 0 aliphatic rings. The van der Waals surface area contributed by atoms with E-state index in [9.17, 15) is 13.2 Å². The van der Waals surface area contributed by atoms with Crippen LogP contribution in [0, 0.1) is 0 Å². The summed E-state index contributed by atoms with van der Waals surface area (Å²) >= 11 is 0. The Morgan fingerprint density at radius 2 is 2.06 bits per heavy atom. The summed E-state index contributed by atoms with van der Waals surface area (Å²) in [6, 6.07) is 3.05. The van der Waals surface area contributed by atoms with E-state index in [2.05, 4.69) is 9.72 Å². The van der Waals surface area contributed by atoms with E-state index < -0.39 is 12.8 Å². The zero-order valence-corrected chi connectivity index (χ0v) is 8.91. The van der Waals surface area contributed by atoms with Gasteiger partial charge in [0.15, 0.2) is 0 Å². The van der Waals surface area contributed by atoms with Crippen LogP contribution in [0.1, 0.15) is 5.69 Å². The van der Waals surface area contributed by atoms with Gasteiger partial charge in [0.25, 0.3) is 0 Å². The molecule has 0 bridgehead atoms. The normalized spacial score (nSPS) is 11.5. The molecule has 0 unspecified atom stereocenters. The molecule has 1 aromatic heterocycles. The predicted octanol–water partition coefficient (Wildman–Crippen LogP) is 1.53. The molecule has 1 aromatic rings. The van der Waals surface area contributed by atoms with E-state index in [0.717, 1.165) is 0 Å². The third-order valence-electron chi connectivity index (χ3n) is 1.71. The van der Waals surface area contributed by atoms with Crippen molar-refractivity contribution in [3.05, 3.63) is 24.0 Å². The molecule has 0 spiro atoms. The van der Waals surface area contributed by atoms with Gasteiger partial charge in [-0.2, -0.15) is 13.2 Å². The van der Waals surface area contributed by atoms with Crippen molar-refractivity contribution in [2.45, 2.75) is 12.8 Å². The van der Waals surface area contributed by atoms with Crippen LogP contribution < -0.4 is 4.74 Å². The number of nitrogens with zero attached hydrogens (tertiary/aromatic N) is 1. The summed E-state index contributed by atoms with van der Waals surface area (Å²) in [5, 5.41) is 8.79. The number of halogens is 3. The average Bonchev–Trinajstić information content (AvgIpc) is 2.27. The lowest BCUT2D eigenvalue weighted by molar-refractivity contribution is -0.175. The number of rotatable bonds is 6. The van der Waals surface area contributed by atoms with Crippen molar-refractivity contribution in [3.63, 3.8) is 0 Å². The Hall–Kier alpha value is -1.34. The third-order valence-corrected chi connectivity index (χ3v) is 1.71. The van der Waals surface area contributed by atoms with Crippen LogP contribution in [0.15, 0.2) is 18.3 Å². The molecular formula is C10H12F3NO3. The largest absolute Gasteiger partial charge is 0.491 e. The Labute approximate surface area is 96.0 Å². The van der Waals surface area contributed by atoms with E-state index >= 15 is 0 Å². The minimum Gasteiger partial charge on any atom is -0.491 e. The minimum atomic E-state index is -4.32. The van der Waals surface area contributed by atoms with E-state index in [1.54, 1.807) is 6.07 Å². The summed E-state index contributed by atoms with van der Waals surface area (Å²) in [5.41, 5.74) is 0.429. The van der Waals surface area contributed by atoms with Gasteiger partial charge in [-0.3, -0.25) is 4.98 Å². The number of aliphatic hydroxyl groups is 1. The monoisotopic (exact) mass is 251 g/mol. The van der Waals surface area contributed by atoms with E-state index in [-0.39, 0.29) is 19.8 Å². The maximum atomic E-state index is 11.7. The standard InChI is InChI=1S/C10H12F3NO3/c11-10(12,13)7-16-3-4-17-9-1-2-14-8(5-9)6-15/h1-2,5,15H,3-4,6-7H2. The van der Waals surface area contributed by atoms with Gasteiger partial charge in [0.1, 0.15) is 19.0 Å². The molecule has 1 N–H and O–H groups in total. The molecular weight excluding hydrogens is 239 g/mol. The van der Waals surface area contributed by atoms with Gasteiger partial charge in [-0.25, -0.2) is 0 Å². The second-order valence-electron chi connectivity index (χ2n) is 3.16. The van der Waals surface area contributed by atoms with Crippen molar-refractivity contribution < 1.29 is 27.8 Å². The first-order valence-electron chi connectivity index (χ1n) is 4.84. The molecule has 0 saturated carbocycles. The first kappa shape index (κ1) is 13.7. The zero-order valence-electron chi connectivity index (χ0n) is 8.91. The van der Waals surface area contributed by atoms with Gasteiger partial charge in [0.2, 0.25) is 0 Å². The van der Waals surface area contributed by atoms with Gasteiger partial charge in [-0.05, 0) is 6.07 Å². The lowest BCUT2D eigenvalue weighted by Gasteiger charge is -2.09. The minimum absolute atomic E-state index is 0.00492. The fourth-order valence-electron chi connectivity index (χ4n) is 1.04. The molecule has 1 heterocycles. The van der Waals surface area contributed by atoms with E-state index in [4.69, 9.17) is 9.84 Å². The highest BCUT2D eigenvalue weighted by molar-refractivity contribution is 5.22. The summed E-state index contributed by atoms with van der Waals surface area (Å²) in [5.74, 6) is 0.430. The van der Waals surface area contributed by atoms with Crippen LogP contribution in [0.5, 0.6) is 5.75 Å². The number of ether oxygens (including phenoxy) is 2. The highest BCUT2D eigenvalue weighted by Gasteiger charge is 2.27. The van der Waals surface area contributed by atoms with Crippen LogP contribution in [0.3, 0.4) is 0 Å². The molecule has 7 heteroatoms. The summed E-state index contributed by atoms with van der Waals surface area (Å²) < 4.78 is 44.6. The molecule has 0 aromatic carbocycles. The van der Waals surface area contributed by atoms with E-state index in [0.29, 0.717) is 11.4 Å². The van der Waals surface area contributed by atoms with Gasteiger partial charge in [-0.15, -0.1) is 0 Å². The van der Waals surface area contributed by atoms with Crippen molar-refractivity contribution in [2.24, 2.45) is 0 Å². The summed E-state index contributed by atoms with van der Waals surface area (Å²) in [6.45, 7) is -1.66. The number of alkyl halides is 3. The van der Waals surface area contributed by atoms with Crippen LogP contribution in [-0.2, 0) is 11.3 Å². The SMILES string of the molecule is OCc1cc(OCCOCC(F)(F)F)ccn1. The number of pyridine rings is 1. The smallest absolute Gasteiger partial charge is 0.411 e. The Kier molecular flexibility index (Phi) is 5.17. The Balaban J connectivity index is 2.22. The average molecular weight is 251 g/mol. The topological polar surface area (TPSA) is 51.6 Å². The molecule has 96 valence electrons. The molecule has 0 fully saturated rings. The lowest BCUT2D eigenvalue weighted by atomic mass is 10.3. The molecule has 0 aliphatic carbocycles. The van der Waals surface area contributed by atoms with Crippen molar-refractivity contribution in [1.82, 2.24) is 4.98 Å². The quantitative estimate of drug-likeness (QED) is 0.779. The van der Waals surface area contributed by atoms with Crippen LogP contribution in [0.2, 0.25) is 0 Å². The van der Waals surface area contributed by atoms with Crippen molar-refractivity contribution in [3.8, 4) is 5.75 Å². The van der Waals surface area contributed by atoms with Crippen molar-refractivity contribution in [2.75, 3.05) is 19.8 Å². The van der Waals surface area contributed by atoms with Crippen LogP contribution in [-0.4, -0.2) is 36.1 Å². The van der Waals surface area contributed by atoms with E-state index in [1.165, 1.54) is 12.3 Å². The molecule has 4 nitrogen and oxygen atoms in total. The lowest BCUT2D eigenvalue weighted by Crippen LogP contribution is -2.19. The Bertz CT molecular complexity index is 344. The predicted molar refractivity (Wildman–Crippen MR) is 52.5 cm³/mol. The molecule has 0 radical (unpaired) electrons. The number of aliphatic hydroxyl groups excluding tert-OH is 1. The second kappa shape index (κ2) is 6.41. The molecule has 0 aliphatic heterocycles. The second-order valence-corrected chi connectivity index (χ2v) is 3.16. The van der Waals surface area contributed by atoms with Gasteiger partial charge in [-0.1, -0.05) is 0 Å².